The largest absolute Gasteiger partial charge is 0.480 e. The first-order valence-electron chi connectivity index (χ1n) is 7.33. The van der Waals surface area contributed by atoms with Crippen LogP contribution >= 0.6 is 0 Å². The maximum atomic E-state index is 12.6. The third kappa shape index (κ3) is 3.66. The van der Waals surface area contributed by atoms with Crippen LogP contribution < -0.4 is 0 Å². The molecular formula is C13H22N2O5S. The summed E-state index contributed by atoms with van der Waals surface area (Å²) in [6, 6.07) is -0.715. The van der Waals surface area contributed by atoms with E-state index in [9.17, 15) is 18.0 Å². The number of aliphatic carboxylic acids is 1. The lowest BCUT2D eigenvalue weighted by molar-refractivity contribution is -0.138. The molecule has 2 saturated heterocycles. The van der Waals surface area contributed by atoms with Gasteiger partial charge in [-0.05, 0) is 25.7 Å². The Labute approximate surface area is 124 Å². The molecule has 2 rings (SSSR count). The van der Waals surface area contributed by atoms with Crippen LogP contribution in [0.4, 0.5) is 4.79 Å². The van der Waals surface area contributed by atoms with Crippen LogP contribution in [0.1, 0.15) is 32.6 Å². The van der Waals surface area contributed by atoms with E-state index < -0.39 is 28.4 Å². The number of carboxylic acids is 1. The van der Waals surface area contributed by atoms with E-state index in [-0.39, 0.29) is 23.6 Å². The van der Waals surface area contributed by atoms with Crippen LogP contribution in [-0.2, 0) is 14.6 Å². The lowest BCUT2D eigenvalue weighted by atomic mass is 10.1. The Morgan fingerprint density at radius 1 is 1.33 bits per heavy atom. The molecule has 2 unspecified atom stereocenters. The summed E-state index contributed by atoms with van der Waals surface area (Å²) in [7, 11) is -3.16. The van der Waals surface area contributed by atoms with Gasteiger partial charge >= 0.3 is 12.0 Å². The van der Waals surface area contributed by atoms with Crippen molar-refractivity contribution in [3.63, 3.8) is 0 Å². The quantitative estimate of drug-likeness (QED) is 0.817. The van der Waals surface area contributed by atoms with Gasteiger partial charge in [0.2, 0.25) is 0 Å². The SMILES string of the molecule is CCC1CCCN1C(=O)N(CC(=O)O)C1CCS(=O)(=O)C1. The summed E-state index contributed by atoms with van der Waals surface area (Å²) < 4.78 is 23.2. The number of sulfone groups is 1. The van der Waals surface area contributed by atoms with Gasteiger partial charge < -0.3 is 14.9 Å². The fraction of sp³-hybridized carbons (Fsp3) is 0.846. The molecule has 0 aliphatic carbocycles. The number of carboxylic acid groups (broad SMARTS) is 1. The number of hydrogen-bond donors (Lipinski definition) is 1. The minimum absolute atomic E-state index is 0.0261. The Morgan fingerprint density at radius 3 is 2.57 bits per heavy atom. The van der Waals surface area contributed by atoms with Gasteiger partial charge in [-0.25, -0.2) is 13.2 Å². The van der Waals surface area contributed by atoms with E-state index in [0.29, 0.717) is 13.0 Å². The highest BCUT2D eigenvalue weighted by Gasteiger charge is 2.39. The summed E-state index contributed by atoms with van der Waals surface area (Å²) in [6.45, 7) is 2.18. The Kier molecular flexibility index (Phi) is 4.75. The van der Waals surface area contributed by atoms with Gasteiger partial charge in [-0.2, -0.15) is 0 Å². The zero-order chi connectivity index (χ0) is 15.6. The normalized spacial score (nSPS) is 27.8. The summed E-state index contributed by atoms with van der Waals surface area (Å²) >= 11 is 0. The first kappa shape index (κ1) is 16.1. The van der Waals surface area contributed by atoms with Crippen molar-refractivity contribution in [1.82, 2.24) is 9.80 Å². The van der Waals surface area contributed by atoms with Crippen molar-refractivity contribution in [3.8, 4) is 0 Å². The molecule has 2 aliphatic rings. The van der Waals surface area contributed by atoms with Gasteiger partial charge in [-0.15, -0.1) is 0 Å². The topological polar surface area (TPSA) is 95.0 Å². The number of rotatable bonds is 4. The van der Waals surface area contributed by atoms with Gasteiger partial charge in [0.15, 0.2) is 9.84 Å². The minimum Gasteiger partial charge on any atom is -0.480 e. The number of hydrogen-bond acceptors (Lipinski definition) is 4. The Balaban J connectivity index is 2.16. The highest BCUT2D eigenvalue weighted by Crippen LogP contribution is 2.25. The van der Waals surface area contributed by atoms with Gasteiger partial charge in [-0.1, -0.05) is 6.92 Å². The molecule has 0 radical (unpaired) electrons. The maximum absolute atomic E-state index is 12.6. The molecule has 0 aromatic carbocycles. The second-order valence-corrected chi connectivity index (χ2v) is 7.99. The molecule has 2 atom stereocenters. The third-order valence-corrected chi connectivity index (χ3v) is 6.04. The molecule has 2 fully saturated rings. The van der Waals surface area contributed by atoms with Gasteiger partial charge in [0.05, 0.1) is 11.5 Å². The van der Waals surface area contributed by atoms with Crippen molar-refractivity contribution in [1.29, 1.82) is 0 Å². The molecule has 8 heteroatoms. The van der Waals surface area contributed by atoms with E-state index in [1.54, 1.807) is 4.90 Å². The molecule has 21 heavy (non-hydrogen) atoms. The van der Waals surface area contributed by atoms with E-state index in [1.807, 2.05) is 6.92 Å². The average molecular weight is 318 g/mol. The van der Waals surface area contributed by atoms with Crippen LogP contribution in [0.3, 0.4) is 0 Å². The van der Waals surface area contributed by atoms with Crippen molar-refractivity contribution in [3.05, 3.63) is 0 Å². The summed E-state index contributed by atoms with van der Waals surface area (Å²) in [5.74, 6) is -1.21. The van der Waals surface area contributed by atoms with Gasteiger partial charge in [-0.3, -0.25) is 4.79 Å². The number of carbonyl (C=O) groups excluding carboxylic acids is 1. The lowest BCUT2D eigenvalue weighted by Gasteiger charge is -2.33. The molecule has 2 amide bonds. The predicted molar refractivity (Wildman–Crippen MR) is 76.8 cm³/mol. The molecule has 2 aliphatic heterocycles. The third-order valence-electron chi connectivity index (χ3n) is 4.29. The highest BCUT2D eigenvalue weighted by atomic mass is 32.2. The molecular weight excluding hydrogens is 296 g/mol. The summed E-state index contributed by atoms with van der Waals surface area (Å²) in [5.41, 5.74) is 0. The first-order valence-corrected chi connectivity index (χ1v) is 9.15. The fourth-order valence-electron chi connectivity index (χ4n) is 3.20. The van der Waals surface area contributed by atoms with Gasteiger partial charge in [0.25, 0.3) is 0 Å². The van der Waals surface area contributed by atoms with Crippen molar-refractivity contribution in [2.45, 2.75) is 44.7 Å². The fourth-order valence-corrected chi connectivity index (χ4v) is 4.93. The second-order valence-electron chi connectivity index (χ2n) is 5.76. The van der Waals surface area contributed by atoms with E-state index in [1.165, 1.54) is 4.90 Å². The highest BCUT2D eigenvalue weighted by molar-refractivity contribution is 7.91. The second kappa shape index (κ2) is 6.21. The van der Waals surface area contributed by atoms with Crippen molar-refractivity contribution >= 4 is 21.8 Å². The summed E-state index contributed by atoms with van der Waals surface area (Å²) in [6.07, 6.45) is 2.99. The predicted octanol–water partition coefficient (Wildman–Crippen LogP) is 0.555. The lowest BCUT2D eigenvalue weighted by Crippen LogP contribution is -2.51. The summed E-state index contributed by atoms with van der Waals surface area (Å²) in [4.78, 5) is 26.6. The Morgan fingerprint density at radius 2 is 2.05 bits per heavy atom. The van der Waals surface area contributed by atoms with E-state index in [2.05, 4.69) is 0 Å². The van der Waals surface area contributed by atoms with E-state index in [0.717, 1.165) is 19.3 Å². The molecule has 0 aromatic rings. The number of nitrogens with zero attached hydrogens (tertiary/aromatic N) is 2. The van der Waals surface area contributed by atoms with Crippen LogP contribution in [0.25, 0.3) is 0 Å². The number of urea groups is 1. The van der Waals surface area contributed by atoms with Crippen LogP contribution in [0.5, 0.6) is 0 Å². The molecule has 2 heterocycles. The average Bonchev–Trinajstić information content (AvgIpc) is 3.00. The molecule has 1 N–H and O–H groups in total. The number of likely N-dealkylation sites (tertiary alicyclic amines) is 1. The zero-order valence-electron chi connectivity index (χ0n) is 12.2. The van der Waals surface area contributed by atoms with Crippen LogP contribution in [0, 0.1) is 0 Å². The Hall–Kier alpha value is -1.31. The molecule has 0 spiro atoms. The Bertz CT molecular complexity index is 519. The smallest absolute Gasteiger partial charge is 0.323 e. The van der Waals surface area contributed by atoms with E-state index in [4.69, 9.17) is 5.11 Å². The first-order chi connectivity index (χ1) is 9.84. The van der Waals surface area contributed by atoms with E-state index >= 15 is 0 Å². The van der Waals surface area contributed by atoms with Crippen molar-refractivity contribution < 1.29 is 23.1 Å². The summed E-state index contributed by atoms with van der Waals surface area (Å²) in [5, 5.41) is 9.03. The molecule has 120 valence electrons. The van der Waals surface area contributed by atoms with Gasteiger partial charge in [0, 0.05) is 18.6 Å². The van der Waals surface area contributed by atoms with Crippen LogP contribution in [0.2, 0.25) is 0 Å². The van der Waals surface area contributed by atoms with Crippen molar-refractivity contribution in [2.24, 2.45) is 0 Å². The van der Waals surface area contributed by atoms with Crippen LogP contribution in [0.15, 0.2) is 0 Å². The van der Waals surface area contributed by atoms with Gasteiger partial charge in [0.1, 0.15) is 6.54 Å². The number of carbonyl (C=O) groups is 2. The molecule has 7 nitrogen and oxygen atoms in total. The zero-order valence-corrected chi connectivity index (χ0v) is 13.0. The maximum Gasteiger partial charge on any atom is 0.323 e. The van der Waals surface area contributed by atoms with Crippen LogP contribution in [-0.4, -0.2) is 72.0 Å². The monoisotopic (exact) mass is 318 g/mol. The molecule has 0 bridgehead atoms. The number of amides is 2. The molecule has 0 saturated carbocycles. The van der Waals surface area contributed by atoms with Crippen molar-refractivity contribution in [2.75, 3.05) is 24.6 Å². The molecule has 0 aromatic heterocycles. The minimum atomic E-state index is -3.16. The standard InChI is InChI=1S/C13H22N2O5S/c1-2-10-4-3-6-14(10)13(18)15(8-12(16)17)11-5-7-21(19,20)9-11/h10-11H,2-9H2,1H3,(H,16,17).